The highest BCUT2D eigenvalue weighted by Gasteiger charge is 2.14. The summed E-state index contributed by atoms with van der Waals surface area (Å²) >= 11 is 0. The van der Waals surface area contributed by atoms with Crippen molar-refractivity contribution in [2.24, 2.45) is 0 Å². The molecule has 0 fully saturated rings. The minimum atomic E-state index is -0.343. The predicted octanol–water partition coefficient (Wildman–Crippen LogP) is 3.61. The number of nitrogens with one attached hydrogen (secondary N) is 1. The SMILES string of the molecule is COc1cccc(C(=O)Nc2nnc(-c3cc(C)ccc3C)o2)c1. The monoisotopic (exact) mass is 323 g/mol. The second-order valence-electron chi connectivity index (χ2n) is 5.42. The predicted molar refractivity (Wildman–Crippen MR) is 90.2 cm³/mol. The van der Waals surface area contributed by atoms with Gasteiger partial charge in [0.05, 0.1) is 7.11 Å². The van der Waals surface area contributed by atoms with E-state index in [0.717, 1.165) is 16.7 Å². The highest BCUT2D eigenvalue weighted by molar-refractivity contribution is 6.03. The summed E-state index contributed by atoms with van der Waals surface area (Å²) in [7, 11) is 1.55. The molecule has 0 aliphatic carbocycles. The Hall–Kier alpha value is -3.15. The Bertz CT molecular complexity index is 887. The molecule has 3 aromatic rings. The number of aromatic nitrogens is 2. The summed E-state index contributed by atoms with van der Waals surface area (Å²) in [6, 6.07) is 12.8. The van der Waals surface area contributed by atoms with Crippen molar-refractivity contribution >= 4 is 11.9 Å². The van der Waals surface area contributed by atoms with E-state index in [1.807, 2.05) is 32.0 Å². The van der Waals surface area contributed by atoms with Crippen molar-refractivity contribution in [1.29, 1.82) is 0 Å². The number of aryl methyl sites for hydroxylation is 2. The third-order valence-electron chi connectivity index (χ3n) is 3.60. The van der Waals surface area contributed by atoms with Crippen molar-refractivity contribution < 1.29 is 13.9 Å². The number of methoxy groups -OCH3 is 1. The van der Waals surface area contributed by atoms with Crippen molar-refractivity contribution in [1.82, 2.24) is 10.2 Å². The second kappa shape index (κ2) is 6.54. The molecule has 1 aromatic heterocycles. The van der Waals surface area contributed by atoms with Gasteiger partial charge in [0, 0.05) is 11.1 Å². The van der Waals surface area contributed by atoms with Crippen LogP contribution in [-0.2, 0) is 0 Å². The van der Waals surface area contributed by atoms with Crippen LogP contribution in [0.1, 0.15) is 21.5 Å². The first-order valence-corrected chi connectivity index (χ1v) is 7.43. The first-order valence-electron chi connectivity index (χ1n) is 7.43. The summed E-state index contributed by atoms with van der Waals surface area (Å²) in [5.41, 5.74) is 3.41. The van der Waals surface area contributed by atoms with Crippen LogP contribution in [0.15, 0.2) is 46.9 Å². The van der Waals surface area contributed by atoms with Crippen molar-refractivity contribution in [3.05, 3.63) is 59.2 Å². The van der Waals surface area contributed by atoms with Gasteiger partial charge in [-0.15, -0.1) is 5.10 Å². The van der Waals surface area contributed by atoms with E-state index < -0.39 is 0 Å². The van der Waals surface area contributed by atoms with E-state index >= 15 is 0 Å². The lowest BCUT2D eigenvalue weighted by Crippen LogP contribution is -2.12. The fourth-order valence-corrected chi connectivity index (χ4v) is 2.28. The maximum atomic E-state index is 12.3. The minimum Gasteiger partial charge on any atom is -0.497 e. The molecular weight excluding hydrogens is 306 g/mol. The second-order valence-corrected chi connectivity index (χ2v) is 5.42. The van der Waals surface area contributed by atoms with Crippen molar-refractivity contribution in [3.63, 3.8) is 0 Å². The largest absolute Gasteiger partial charge is 0.497 e. The smallest absolute Gasteiger partial charge is 0.322 e. The number of ether oxygens (including phenoxy) is 1. The van der Waals surface area contributed by atoms with E-state index in [2.05, 4.69) is 15.5 Å². The molecule has 2 aromatic carbocycles. The van der Waals surface area contributed by atoms with Gasteiger partial charge in [-0.25, -0.2) is 0 Å². The zero-order chi connectivity index (χ0) is 17.1. The molecule has 6 nitrogen and oxygen atoms in total. The van der Waals surface area contributed by atoms with E-state index in [1.165, 1.54) is 0 Å². The third-order valence-corrected chi connectivity index (χ3v) is 3.60. The molecule has 6 heteroatoms. The lowest BCUT2D eigenvalue weighted by atomic mass is 10.1. The molecule has 3 rings (SSSR count). The third kappa shape index (κ3) is 3.27. The fourth-order valence-electron chi connectivity index (χ4n) is 2.28. The topological polar surface area (TPSA) is 77.2 Å². The van der Waals surface area contributed by atoms with Crippen molar-refractivity contribution in [3.8, 4) is 17.2 Å². The van der Waals surface area contributed by atoms with Gasteiger partial charge in [0.15, 0.2) is 0 Å². The van der Waals surface area contributed by atoms with Gasteiger partial charge in [-0.1, -0.05) is 28.9 Å². The number of benzene rings is 2. The lowest BCUT2D eigenvalue weighted by molar-refractivity contribution is 0.102. The number of hydrogen-bond acceptors (Lipinski definition) is 5. The molecule has 0 aliphatic rings. The van der Waals surface area contributed by atoms with E-state index in [4.69, 9.17) is 9.15 Å². The molecule has 0 radical (unpaired) electrons. The number of hydrogen-bond donors (Lipinski definition) is 1. The molecule has 0 saturated heterocycles. The van der Waals surface area contributed by atoms with Crippen LogP contribution in [0.5, 0.6) is 5.75 Å². The van der Waals surface area contributed by atoms with Gasteiger partial charge in [-0.3, -0.25) is 10.1 Å². The van der Waals surface area contributed by atoms with Crippen molar-refractivity contribution in [2.75, 3.05) is 12.4 Å². The van der Waals surface area contributed by atoms with Crippen LogP contribution in [0.3, 0.4) is 0 Å². The molecule has 0 saturated carbocycles. The fraction of sp³-hybridized carbons (Fsp3) is 0.167. The van der Waals surface area contributed by atoms with Crippen LogP contribution in [-0.4, -0.2) is 23.2 Å². The Morgan fingerprint density at radius 1 is 1.12 bits per heavy atom. The number of carbonyl (C=O) groups is 1. The molecular formula is C18H17N3O3. The molecule has 24 heavy (non-hydrogen) atoms. The highest BCUT2D eigenvalue weighted by Crippen LogP contribution is 2.25. The van der Waals surface area contributed by atoms with Crippen LogP contribution >= 0.6 is 0 Å². The summed E-state index contributed by atoms with van der Waals surface area (Å²) in [6.07, 6.45) is 0. The number of nitrogens with zero attached hydrogens (tertiary/aromatic N) is 2. The Kier molecular flexibility index (Phi) is 4.29. The molecule has 0 unspecified atom stereocenters. The molecule has 122 valence electrons. The molecule has 1 N–H and O–H groups in total. The van der Waals surface area contributed by atoms with Gasteiger partial charge in [-0.05, 0) is 43.7 Å². The normalized spacial score (nSPS) is 10.5. The van der Waals surface area contributed by atoms with Gasteiger partial charge in [-0.2, -0.15) is 0 Å². The van der Waals surface area contributed by atoms with Crippen LogP contribution in [0.25, 0.3) is 11.5 Å². The summed E-state index contributed by atoms with van der Waals surface area (Å²) in [5, 5.41) is 10.5. The molecule has 1 heterocycles. The summed E-state index contributed by atoms with van der Waals surface area (Å²) < 4.78 is 10.7. The Morgan fingerprint density at radius 2 is 1.96 bits per heavy atom. The average Bonchev–Trinajstić information content (AvgIpc) is 3.05. The Morgan fingerprint density at radius 3 is 2.75 bits per heavy atom. The van der Waals surface area contributed by atoms with Crippen LogP contribution in [0, 0.1) is 13.8 Å². The van der Waals surface area contributed by atoms with E-state index in [1.54, 1.807) is 31.4 Å². The number of amides is 1. The number of carbonyl (C=O) groups excluding carboxylic acids is 1. The molecule has 1 amide bonds. The Labute approximate surface area is 139 Å². The average molecular weight is 323 g/mol. The molecule has 0 aliphatic heterocycles. The van der Waals surface area contributed by atoms with E-state index in [0.29, 0.717) is 17.2 Å². The zero-order valence-electron chi connectivity index (χ0n) is 13.7. The van der Waals surface area contributed by atoms with E-state index in [-0.39, 0.29) is 11.9 Å². The van der Waals surface area contributed by atoms with Crippen LogP contribution in [0.2, 0.25) is 0 Å². The molecule has 0 atom stereocenters. The maximum absolute atomic E-state index is 12.3. The number of rotatable bonds is 4. The number of anilines is 1. The zero-order valence-corrected chi connectivity index (χ0v) is 13.7. The first kappa shape index (κ1) is 15.7. The van der Waals surface area contributed by atoms with Gasteiger partial charge in [0.25, 0.3) is 5.91 Å². The van der Waals surface area contributed by atoms with E-state index in [9.17, 15) is 4.79 Å². The van der Waals surface area contributed by atoms with Crippen LogP contribution in [0.4, 0.5) is 6.01 Å². The van der Waals surface area contributed by atoms with Gasteiger partial charge in [0.1, 0.15) is 5.75 Å². The summed E-state index contributed by atoms with van der Waals surface area (Å²) in [4.78, 5) is 12.3. The Balaban J connectivity index is 1.81. The molecule has 0 spiro atoms. The molecule has 0 bridgehead atoms. The van der Waals surface area contributed by atoms with Crippen LogP contribution < -0.4 is 10.1 Å². The van der Waals surface area contributed by atoms with Gasteiger partial charge < -0.3 is 9.15 Å². The van der Waals surface area contributed by atoms with Gasteiger partial charge >= 0.3 is 6.01 Å². The summed E-state index contributed by atoms with van der Waals surface area (Å²) in [5.74, 6) is 0.631. The maximum Gasteiger partial charge on any atom is 0.322 e. The summed E-state index contributed by atoms with van der Waals surface area (Å²) in [6.45, 7) is 3.96. The highest BCUT2D eigenvalue weighted by atomic mass is 16.5. The van der Waals surface area contributed by atoms with Gasteiger partial charge in [0.2, 0.25) is 5.89 Å². The standard InChI is InChI=1S/C18H17N3O3/c1-11-7-8-12(2)15(9-11)17-20-21-18(24-17)19-16(22)13-5-4-6-14(10-13)23-3/h4-10H,1-3H3,(H,19,21,22). The quantitative estimate of drug-likeness (QED) is 0.793. The van der Waals surface area contributed by atoms with Crippen molar-refractivity contribution in [2.45, 2.75) is 13.8 Å². The first-order chi connectivity index (χ1) is 11.6. The minimum absolute atomic E-state index is 0.0544. The lowest BCUT2D eigenvalue weighted by Gasteiger charge is -2.04.